The summed E-state index contributed by atoms with van der Waals surface area (Å²) in [4.78, 5) is 12.9. The molecule has 0 radical (unpaired) electrons. The van der Waals surface area contributed by atoms with Crippen molar-refractivity contribution in [2.45, 2.75) is 243 Å². The first-order valence-electron chi connectivity index (χ1n) is 27.3. The number of aliphatic hydroxyl groups excluding tert-OH is 4. The molecule has 9 nitrogen and oxygen atoms in total. The molecule has 0 amide bonds. The van der Waals surface area contributed by atoms with E-state index in [9.17, 15) is 25.2 Å². The molecular weight excluding hydrogens is 853 g/mol. The van der Waals surface area contributed by atoms with E-state index in [4.69, 9.17) is 18.9 Å². The van der Waals surface area contributed by atoms with Gasteiger partial charge in [0.25, 0.3) is 0 Å². The Balaban J connectivity index is 2.19. The Bertz CT molecular complexity index is 1360. The van der Waals surface area contributed by atoms with E-state index in [0.29, 0.717) is 13.0 Å². The van der Waals surface area contributed by atoms with Crippen LogP contribution in [0.1, 0.15) is 206 Å². The van der Waals surface area contributed by atoms with Crippen LogP contribution in [0.2, 0.25) is 0 Å². The molecule has 68 heavy (non-hydrogen) atoms. The minimum atomic E-state index is -1.54. The first-order valence-corrected chi connectivity index (χ1v) is 27.3. The first-order chi connectivity index (χ1) is 33.4. The third-order valence-electron chi connectivity index (χ3n) is 12.0. The Labute approximate surface area is 415 Å². The molecule has 1 fully saturated rings. The van der Waals surface area contributed by atoms with Gasteiger partial charge in [-0.05, 0) is 89.9 Å². The van der Waals surface area contributed by atoms with E-state index in [1.54, 1.807) is 0 Å². The topological polar surface area (TPSA) is 135 Å². The lowest BCUT2D eigenvalue weighted by molar-refractivity contribution is -0.305. The van der Waals surface area contributed by atoms with Crippen molar-refractivity contribution >= 4 is 5.97 Å². The summed E-state index contributed by atoms with van der Waals surface area (Å²) in [6.07, 6.45) is 61.5. The van der Waals surface area contributed by atoms with Crippen molar-refractivity contribution in [2.75, 3.05) is 26.4 Å². The van der Waals surface area contributed by atoms with Crippen LogP contribution in [-0.4, -0.2) is 89.6 Å². The third kappa shape index (κ3) is 38.9. The minimum absolute atomic E-state index is 0.123. The highest BCUT2D eigenvalue weighted by atomic mass is 16.7. The highest BCUT2D eigenvalue weighted by molar-refractivity contribution is 5.69. The molecule has 0 aromatic rings. The Hall–Kier alpha value is -2.89. The zero-order valence-electron chi connectivity index (χ0n) is 43.1. The first kappa shape index (κ1) is 63.1. The van der Waals surface area contributed by atoms with Crippen LogP contribution in [0.5, 0.6) is 0 Å². The quantitative estimate of drug-likeness (QED) is 0.0267. The van der Waals surface area contributed by atoms with E-state index in [-0.39, 0.29) is 19.2 Å². The maximum atomic E-state index is 12.9. The molecular formula is C59H100O9. The van der Waals surface area contributed by atoms with Crippen LogP contribution < -0.4 is 0 Å². The van der Waals surface area contributed by atoms with Crippen molar-refractivity contribution in [1.29, 1.82) is 0 Å². The maximum absolute atomic E-state index is 12.9. The summed E-state index contributed by atoms with van der Waals surface area (Å²) in [6.45, 7) is 4.32. The van der Waals surface area contributed by atoms with Gasteiger partial charge in [-0.25, -0.2) is 0 Å². The van der Waals surface area contributed by atoms with Crippen LogP contribution in [0, 0.1) is 0 Å². The second kappa shape index (κ2) is 49.1. The van der Waals surface area contributed by atoms with Gasteiger partial charge in [-0.1, -0.05) is 207 Å². The molecule has 0 aromatic heterocycles. The molecule has 390 valence electrons. The van der Waals surface area contributed by atoms with Crippen molar-refractivity contribution in [3.05, 3.63) is 97.2 Å². The normalized spacial score (nSPS) is 19.9. The van der Waals surface area contributed by atoms with E-state index in [0.717, 1.165) is 96.3 Å². The monoisotopic (exact) mass is 953 g/mol. The number of carbonyl (C=O) groups is 1. The fraction of sp³-hybridized carbons (Fsp3) is 0.712. The van der Waals surface area contributed by atoms with Crippen molar-refractivity contribution in [1.82, 2.24) is 0 Å². The Morgan fingerprint density at radius 2 is 0.853 bits per heavy atom. The summed E-state index contributed by atoms with van der Waals surface area (Å²) in [5.74, 6) is -0.325. The molecule has 1 aliphatic heterocycles. The molecule has 1 saturated heterocycles. The number of hydrogen-bond acceptors (Lipinski definition) is 9. The molecule has 9 heteroatoms. The predicted octanol–water partition coefficient (Wildman–Crippen LogP) is 13.9. The zero-order valence-corrected chi connectivity index (χ0v) is 43.1. The van der Waals surface area contributed by atoms with E-state index in [2.05, 4.69) is 111 Å². The molecule has 0 aromatic carbocycles. The maximum Gasteiger partial charge on any atom is 0.306 e. The van der Waals surface area contributed by atoms with Crippen LogP contribution >= 0.6 is 0 Å². The number of allylic oxidation sites excluding steroid dienone is 16. The lowest BCUT2D eigenvalue weighted by atomic mass is 9.99. The Morgan fingerprint density at radius 3 is 1.28 bits per heavy atom. The number of aliphatic hydroxyl groups is 4. The summed E-state index contributed by atoms with van der Waals surface area (Å²) >= 11 is 0. The lowest BCUT2D eigenvalue weighted by Crippen LogP contribution is -2.59. The number of rotatable bonds is 46. The SMILES string of the molecule is CC/C=C\C/C=C\C/C=C\C/C=C\CCCCCCCCCCCCCOCC(COC1OC(CO)C(O)C(O)C1O)OC(=O)CCCCCCCCCC/C=C\C/C=C\C/C=C\C/C=C\CC. The largest absolute Gasteiger partial charge is 0.457 e. The second-order valence-electron chi connectivity index (χ2n) is 18.3. The van der Waals surface area contributed by atoms with Crippen molar-refractivity contribution < 1.29 is 44.2 Å². The molecule has 6 atom stereocenters. The predicted molar refractivity (Wildman–Crippen MR) is 283 cm³/mol. The number of unbranched alkanes of at least 4 members (excludes halogenated alkanes) is 19. The van der Waals surface area contributed by atoms with E-state index >= 15 is 0 Å². The van der Waals surface area contributed by atoms with E-state index in [1.165, 1.54) is 89.9 Å². The minimum Gasteiger partial charge on any atom is -0.457 e. The summed E-state index contributed by atoms with van der Waals surface area (Å²) in [6, 6.07) is 0. The van der Waals surface area contributed by atoms with Crippen molar-refractivity contribution in [3.63, 3.8) is 0 Å². The van der Waals surface area contributed by atoms with Gasteiger partial charge in [0.2, 0.25) is 0 Å². The van der Waals surface area contributed by atoms with Gasteiger partial charge < -0.3 is 39.4 Å². The van der Waals surface area contributed by atoms with Crippen LogP contribution in [0.4, 0.5) is 0 Å². The average molecular weight is 953 g/mol. The lowest BCUT2D eigenvalue weighted by Gasteiger charge is -2.39. The average Bonchev–Trinajstić information content (AvgIpc) is 3.34. The number of ether oxygens (including phenoxy) is 4. The van der Waals surface area contributed by atoms with E-state index in [1.807, 2.05) is 0 Å². The molecule has 0 saturated carbocycles. The number of esters is 1. The van der Waals surface area contributed by atoms with Gasteiger partial charge in [0.15, 0.2) is 6.29 Å². The number of hydrogen-bond donors (Lipinski definition) is 4. The zero-order chi connectivity index (χ0) is 49.2. The standard InChI is InChI=1S/C59H100O9/c1-3-5-7-9-11-13-15-17-19-21-23-25-26-27-29-31-33-35-37-39-41-43-45-47-49-65-51-53(52-66-59-58(64)57(63)56(62)54(50-60)68-59)67-55(61)48-46-44-42-40-38-36-34-32-30-28-24-22-20-18-16-14-12-10-8-6-4-2/h5-8,11-14,17-20,23-25,28,53-54,56-60,62-64H,3-4,9-10,15-16,21-22,26-27,29-52H2,1-2H3/b7-5-,8-6-,13-11-,14-12-,19-17-,20-18-,25-23-,28-24-. The highest BCUT2D eigenvalue weighted by Gasteiger charge is 2.44. The molecule has 0 aliphatic carbocycles. The van der Waals surface area contributed by atoms with Gasteiger partial charge in [0, 0.05) is 13.0 Å². The molecule has 1 heterocycles. The van der Waals surface area contributed by atoms with Crippen LogP contribution in [-0.2, 0) is 23.7 Å². The summed E-state index contributed by atoms with van der Waals surface area (Å²) < 4.78 is 22.9. The van der Waals surface area contributed by atoms with Gasteiger partial charge in [0.1, 0.15) is 30.5 Å². The molecule has 1 rings (SSSR count). The molecule has 1 aliphatic rings. The van der Waals surface area contributed by atoms with Gasteiger partial charge in [0.05, 0.1) is 19.8 Å². The Kier molecular flexibility index (Phi) is 45.6. The third-order valence-corrected chi connectivity index (χ3v) is 12.0. The molecule has 0 bridgehead atoms. The van der Waals surface area contributed by atoms with Crippen LogP contribution in [0.3, 0.4) is 0 Å². The van der Waals surface area contributed by atoms with Crippen molar-refractivity contribution in [2.24, 2.45) is 0 Å². The van der Waals surface area contributed by atoms with Gasteiger partial charge in [-0.2, -0.15) is 0 Å². The van der Waals surface area contributed by atoms with Crippen LogP contribution in [0.25, 0.3) is 0 Å². The van der Waals surface area contributed by atoms with Crippen LogP contribution in [0.15, 0.2) is 97.2 Å². The van der Waals surface area contributed by atoms with Gasteiger partial charge >= 0.3 is 5.97 Å². The number of carbonyl (C=O) groups excluding carboxylic acids is 1. The van der Waals surface area contributed by atoms with E-state index < -0.39 is 43.4 Å². The smallest absolute Gasteiger partial charge is 0.306 e. The van der Waals surface area contributed by atoms with Crippen molar-refractivity contribution in [3.8, 4) is 0 Å². The summed E-state index contributed by atoms with van der Waals surface area (Å²) in [7, 11) is 0. The summed E-state index contributed by atoms with van der Waals surface area (Å²) in [5, 5.41) is 40.3. The summed E-state index contributed by atoms with van der Waals surface area (Å²) in [5.41, 5.74) is 0. The second-order valence-corrected chi connectivity index (χ2v) is 18.3. The molecule has 6 unspecified atom stereocenters. The van der Waals surface area contributed by atoms with Gasteiger partial charge in [-0.15, -0.1) is 0 Å². The molecule has 0 spiro atoms. The fourth-order valence-corrected chi connectivity index (χ4v) is 7.83. The fourth-order valence-electron chi connectivity index (χ4n) is 7.83. The highest BCUT2D eigenvalue weighted by Crippen LogP contribution is 2.23. The van der Waals surface area contributed by atoms with Gasteiger partial charge in [-0.3, -0.25) is 4.79 Å². The Morgan fingerprint density at radius 1 is 0.471 bits per heavy atom. The molecule has 4 N–H and O–H groups in total.